The Labute approximate surface area is 204 Å². The van der Waals surface area contributed by atoms with Gasteiger partial charge in [-0.15, -0.1) is 0 Å². The van der Waals surface area contributed by atoms with E-state index in [1.165, 1.54) is 6.92 Å². The van der Waals surface area contributed by atoms with Gasteiger partial charge in [-0.05, 0) is 72.5 Å². The summed E-state index contributed by atoms with van der Waals surface area (Å²) in [5, 5.41) is 21.0. The van der Waals surface area contributed by atoms with E-state index in [2.05, 4.69) is 22.7 Å². The standard InChI is InChI=1S/C28H28N4O3/c1-4-20-7-5-10-25(16-20)32-26(15-18(2)31-32)28(35)30-24-9-6-8-22(17-24)27(34)21-11-13-23(14-12-21)29-19(3)33/h5-17,27,34H,4H2,1-3H3,(H,29,33)(H,30,35). The second-order valence-electron chi connectivity index (χ2n) is 8.39. The summed E-state index contributed by atoms with van der Waals surface area (Å²) in [6, 6.07) is 23.8. The molecule has 7 heteroatoms. The molecule has 7 nitrogen and oxygen atoms in total. The number of benzene rings is 3. The Morgan fingerprint density at radius 1 is 0.914 bits per heavy atom. The van der Waals surface area contributed by atoms with Gasteiger partial charge in [-0.2, -0.15) is 5.10 Å². The van der Waals surface area contributed by atoms with E-state index in [1.54, 1.807) is 59.3 Å². The summed E-state index contributed by atoms with van der Waals surface area (Å²) < 4.78 is 1.65. The van der Waals surface area contributed by atoms with Crippen LogP contribution < -0.4 is 10.6 Å². The first-order valence-corrected chi connectivity index (χ1v) is 11.5. The molecule has 4 aromatic rings. The van der Waals surface area contributed by atoms with E-state index in [0.29, 0.717) is 28.2 Å². The van der Waals surface area contributed by atoms with E-state index in [9.17, 15) is 14.7 Å². The summed E-state index contributed by atoms with van der Waals surface area (Å²) in [5.74, 6) is -0.449. The number of carbonyl (C=O) groups excluding carboxylic acids is 2. The summed E-state index contributed by atoms with van der Waals surface area (Å²) >= 11 is 0. The van der Waals surface area contributed by atoms with Gasteiger partial charge in [-0.3, -0.25) is 9.59 Å². The Hall–Kier alpha value is -4.23. The molecule has 3 N–H and O–H groups in total. The van der Waals surface area contributed by atoms with Crippen molar-refractivity contribution in [1.29, 1.82) is 0 Å². The molecule has 1 unspecified atom stereocenters. The number of hydrogen-bond donors (Lipinski definition) is 3. The van der Waals surface area contributed by atoms with Gasteiger partial charge in [0.25, 0.3) is 5.91 Å². The number of anilines is 2. The monoisotopic (exact) mass is 468 g/mol. The second-order valence-corrected chi connectivity index (χ2v) is 8.39. The Morgan fingerprint density at radius 2 is 1.66 bits per heavy atom. The third-order valence-electron chi connectivity index (χ3n) is 5.63. The van der Waals surface area contributed by atoms with Gasteiger partial charge < -0.3 is 15.7 Å². The molecule has 0 saturated carbocycles. The normalized spacial score (nSPS) is 11.7. The van der Waals surface area contributed by atoms with Crippen molar-refractivity contribution in [2.24, 2.45) is 0 Å². The minimum Gasteiger partial charge on any atom is -0.384 e. The van der Waals surface area contributed by atoms with Gasteiger partial charge in [0.2, 0.25) is 5.91 Å². The molecule has 3 aromatic carbocycles. The first-order valence-electron chi connectivity index (χ1n) is 11.5. The van der Waals surface area contributed by atoms with E-state index >= 15 is 0 Å². The van der Waals surface area contributed by atoms with Crippen molar-refractivity contribution >= 4 is 23.2 Å². The van der Waals surface area contributed by atoms with E-state index in [0.717, 1.165) is 23.4 Å². The quantitative estimate of drug-likeness (QED) is 0.354. The van der Waals surface area contributed by atoms with Crippen LogP contribution in [-0.4, -0.2) is 26.7 Å². The molecular weight excluding hydrogens is 440 g/mol. The van der Waals surface area contributed by atoms with Gasteiger partial charge in [0.15, 0.2) is 0 Å². The van der Waals surface area contributed by atoms with Gasteiger partial charge in [0, 0.05) is 18.3 Å². The first-order chi connectivity index (χ1) is 16.8. The van der Waals surface area contributed by atoms with Crippen LogP contribution in [0.3, 0.4) is 0 Å². The molecule has 2 amide bonds. The minimum absolute atomic E-state index is 0.156. The number of aryl methyl sites for hydroxylation is 2. The number of amides is 2. The highest BCUT2D eigenvalue weighted by Gasteiger charge is 2.17. The van der Waals surface area contributed by atoms with Crippen LogP contribution in [0.5, 0.6) is 0 Å². The lowest BCUT2D eigenvalue weighted by Crippen LogP contribution is -2.17. The predicted octanol–water partition coefficient (Wildman–Crippen LogP) is 5.04. The van der Waals surface area contributed by atoms with Crippen molar-refractivity contribution in [1.82, 2.24) is 9.78 Å². The van der Waals surface area contributed by atoms with Crippen LogP contribution in [0.2, 0.25) is 0 Å². The fraction of sp³-hybridized carbons (Fsp3) is 0.179. The molecule has 1 aromatic heterocycles. The molecule has 0 fully saturated rings. The van der Waals surface area contributed by atoms with Crippen molar-refractivity contribution in [2.45, 2.75) is 33.3 Å². The Morgan fingerprint density at radius 3 is 2.37 bits per heavy atom. The van der Waals surface area contributed by atoms with Gasteiger partial charge >= 0.3 is 0 Å². The summed E-state index contributed by atoms with van der Waals surface area (Å²) in [7, 11) is 0. The molecule has 1 heterocycles. The van der Waals surface area contributed by atoms with E-state index in [-0.39, 0.29) is 11.8 Å². The molecule has 1 atom stereocenters. The predicted molar refractivity (Wildman–Crippen MR) is 137 cm³/mol. The minimum atomic E-state index is -0.886. The van der Waals surface area contributed by atoms with Crippen molar-refractivity contribution in [3.63, 3.8) is 0 Å². The molecule has 0 aliphatic rings. The topological polar surface area (TPSA) is 96.2 Å². The average Bonchev–Trinajstić information content (AvgIpc) is 3.26. The summed E-state index contributed by atoms with van der Waals surface area (Å²) in [6.07, 6.45) is 0.00328. The maximum atomic E-state index is 13.2. The van der Waals surface area contributed by atoms with Gasteiger partial charge in [0.1, 0.15) is 11.8 Å². The summed E-state index contributed by atoms with van der Waals surface area (Å²) in [5.41, 5.74) is 5.69. The molecule has 0 aliphatic carbocycles. The van der Waals surface area contributed by atoms with Crippen molar-refractivity contribution in [3.8, 4) is 5.69 Å². The van der Waals surface area contributed by atoms with E-state index in [4.69, 9.17) is 0 Å². The molecule has 0 saturated heterocycles. The number of nitrogens with one attached hydrogen (secondary N) is 2. The number of aliphatic hydroxyl groups is 1. The smallest absolute Gasteiger partial charge is 0.274 e. The number of carbonyl (C=O) groups is 2. The third kappa shape index (κ3) is 5.65. The maximum Gasteiger partial charge on any atom is 0.274 e. The van der Waals surface area contributed by atoms with Crippen LogP contribution in [0.4, 0.5) is 11.4 Å². The largest absolute Gasteiger partial charge is 0.384 e. The Balaban J connectivity index is 1.54. The van der Waals surface area contributed by atoms with Crippen LogP contribution in [0, 0.1) is 6.92 Å². The molecule has 0 bridgehead atoms. The second kappa shape index (κ2) is 10.4. The fourth-order valence-electron chi connectivity index (χ4n) is 3.89. The Kier molecular flexibility index (Phi) is 7.08. The molecule has 4 rings (SSSR count). The van der Waals surface area contributed by atoms with E-state index < -0.39 is 6.10 Å². The SMILES string of the molecule is CCc1cccc(-n2nc(C)cc2C(=O)Nc2cccc(C(O)c3ccc(NC(C)=O)cc3)c2)c1. The summed E-state index contributed by atoms with van der Waals surface area (Å²) in [4.78, 5) is 24.4. The lowest BCUT2D eigenvalue weighted by Gasteiger charge is -2.14. The average molecular weight is 469 g/mol. The van der Waals surface area contributed by atoms with Crippen LogP contribution in [0.25, 0.3) is 5.69 Å². The van der Waals surface area contributed by atoms with Gasteiger partial charge in [-0.25, -0.2) is 4.68 Å². The number of nitrogens with zero attached hydrogens (tertiary/aromatic N) is 2. The highest BCUT2D eigenvalue weighted by molar-refractivity contribution is 6.03. The van der Waals surface area contributed by atoms with Crippen molar-refractivity contribution < 1.29 is 14.7 Å². The highest BCUT2D eigenvalue weighted by atomic mass is 16.3. The third-order valence-corrected chi connectivity index (χ3v) is 5.63. The number of rotatable bonds is 7. The number of hydrogen-bond acceptors (Lipinski definition) is 4. The first kappa shape index (κ1) is 23.9. The van der Waals surface area contributed by atoms with E-state index in [1.807, 2.05) is 31.2 Å². The Bertz CT molecular complexity index is 1360. The molecular formula is C28H28N4O3. The molecule has 0 radical (unpaired) electrons. The molecule has 35 heavy (non-hydrogen) atoms. The zero-order valence-electron chi connectivity index (χ0n) is 19.9. The fourth-order valence-corrected chi connectivity index (χ4v) is 3.89. The number of aliphatic hydroxyl groups excluding tert-OH is 1. The van der Waals surface area contributed by atoms with Crippen molar-refractivity contribution in [3.05, 3.63) is 107 Å². The van der Waals surface area contributed by atoms with Crippen LogP contribution >= 0.6 is 0 Å². The highest BCUT2D eigenvalue weighted by Crippen LogP contribution is 2.26. The maximum absolute atomic E-state index is 13.2. The zero-order chi connectivity index (χ0) is 24.9. The number of aromatic nitrogens is 2. The summed E-state index contributed by atoms with van der Waals surface area (Å²) in [6.45, 7) is 5.38. The lowest BCUT2D eigenvalue weighted by atomic mass is 10.0. The zero-order valence-corrected chi connectivity index (χ0v) is 19.9. The van der Waals surface area contributed by atoms with Gasteiger partial charge in [0.05, 0.1) is 11.4 Å². The van der Waals surface area contributed by atoms with Crippen LogP contribution in [-0.2, 0) is 11.2 Å². The van der Waals surface area contributed by atoms with Gasteiger partial charge in [-0.1, -0.05) is 43.3 Å². The molecule has 0 aliphatic heterocycles. The van der Waals surface area contributed by atoms with Crippen LogP contribution in [0.1, 0.15) is 52.8 Å². The molecule has 178 valence electrons. The lowest BCUT2D eigenvalue weighted by molar-refractivity contribution is -0.114. The molecule has 0 spiro atoms. The van der Waals surface area contributed by atoms with Crippen LogP contribution in [0.15, 0.2) is 78.9 Å². The van der Waals surface area contributed by atoms with Crippen molar-refractivity contribution in [2.75, 3.05) is 10.6 Å².